The number of rotatable bonds is 2. The summed E-state index contributed by atoms with van der Waals surface area (Å²) in [6, 6.07) is 16.9. The maximum Gasteiger partial charge on any atom is 0.0562 e. The van der Waals surface area contributed by atoms with E-state index in [-0.39, 0.29) is 6.04 Å². The molecule has 2 aromatic rings. The maximum absolute atomic E-state index is 6.53. The molecular formula is C19H17NS. The van der Waals surface area contributed by atoms with Crippen LogP contribution in [-0.2, 0) is 0 Å². The molecule has 0 spiro atoms. The Balaban J connectivity index is 1.78. The van der Waals surface area contributed by atoms with Crippen molar-refractivity contribution in [3.05, 3.63) is 88.4 Å². The van der Waals surface area contributed by atoms with Gasteiger partial charge in [0.05, 0.1) is 6.04 Å². The van der Waals surface area contributed by atoms with Crippen LogP contribution in [0.2, 0.25) is 0 Å². The fourth-order valence-corrected chi connectivity index (χ4v) is 4.55. The predicted molar refractivity (Wildman–Crippen MR) is 89.4 cm³/mol. The quantitative estimate of drug-likeness (QED) is 0.862. The van der Waals surface area contributed by atoms with Crippen molar-refractivity contribution in [3.8, 4) is 0 Å². The molecule has 0 saturated carbocycles. The highest BCUT2D eigenvalue weighted by atomic mass is 32.2. The molecule has 2 aromatic carbocycles. The largest absolute Gasteiger partial charge is 0.320 e. The molecule has 1 heterocycles. The molecule has 2 unspecified atom stereocenters. The maximum atomic E-state index is 6.53. The van der Waals surface area contributed by atoms with Crippen LogP contribution in [0.4, 0.5) is 0 Å². The van der Waals surface area contributed by atoms with E-state index in [1.54, 1.807) is 0 Å². The SMILES string of the molecule is NC(c1ccccc1)c1cccc2c1SC1=CC=CCC12. The van der Waals surface area contributed by atoms with Crippen LogP contribution in [0.25, 0.3) is 0 Å². The molecule has 0 radical (unpaired) electrons. The van der Waals surface area contributed by atoms with Crippen LogP contribution in [0.3, 0.4) is 0 Å². The monoisotopic (exact) mass is 291 g/mol. The van der Waals surface area contributed by atoms with Gasteiger partial charge in [-0.2, -0.15) is 0 Å². The zero-order valence-corrected chi connectivity index (χ0v) is 12.5. The molecule has 1 nitrogen and oxygen atoms in total. The van der Waals surface area contributed by atoms with Gasteiger partial charge < -0.3 is 5.73 Å². The Morgan fingerprint density at radius 3 is 2.76 bits per heavy atom. The van der Waals surface area contributed by atoms with Gasteiger partial charge in [-0.1, -0.05) is 78.5 Å². The third-order valence-corrected chi connectivity index (χ3v) is 5.61. The highest BCUT2D eigenvalue weighted by molar-refractivity contribution is 8.03. The van der Waals surface area contributed by atoms with E-state index in [0.717, 1.165) is 6.42 Å². The Labute approximate surface area is 129 Å². The second kappa shape index (κ2) is 5.21. The van der Waals surface area contributed by atoms with E-state index in [9.17, 15) is 0 Å². The van der Waals surface area contributed by atoms with Gasteiger partial charge in [0.2, 0.25) is 0 Å². The van der Waals surface area contributed by atoms with Gasteiger partial charge in [-0.3, -0.25) is 0 Å². The lowest BCUT2D eigenvalue weighted by Gasteiger charge is -2.16. The van der Waals surface area contributed by atoms with Crippen LogP contribution < -0.4 is 5.73 Å². The van der Waals surface area contributed by atoms with Crippen LogP contribution in [0.5, 0.6) is 0 Å². The van der Waals surface area contributed by atoms with Crippen molar-refractivity contribution >= 4 is 11.8 Å². The molecule has 0 amide bonds. The van der Waals surface area contributed by atoms with Gasteiger partial charge in [0.25, 0.3) is 0 Å². The lowest BCUT2D eigenvalue weighted by Crippen LogP contribution is -2.13. The average Bonchev–Trinajstić information content (AvgIpc) is 2.94. The molecular weight excluding hydrogens is 274 g/mol. The Bertz CT molecular complexity index is 730. The first-order chi connectivity index (χ1) is 10.3. The van der Waals surface area contributed by atoms with Crippen molar-refractivity contribution in [2.24, 2.45) is 5.73 Å². The lowest BCUT2D eigenvalue weighted by molar-refractivity contribution is 0.804. The number of allylic oxidation sites excluding steroid dienone is 4. The fraction of sp³-hybridized carbons (Fsp3) is 0.158. The van der Waals surface area contributed by atoms with E-state index in [1.165, 1.54) is 26.5 Å². The van der Waals surface area contributed by atoms with Crippen LogP contribution in [0.1, 0.15) is 35.1 Å². The van der Waals surface area contributed by atoms with Crippen LogP contribution in [0.15, 0.2) is 76.6 Å². The van der Waals surface area contributed by atoms with Crippen LogP contribution in [-0.4, -0.2) is 0 Å². The number of hydrogen-bond donors (Lipinski definition) is 1. The van der Waals surface area contributed by atoms with Crippen molar-refractivity contribution in [2.75, 3.05) is 0 Å². The number of fused-ring (bicyclic) bond motifs is 3. The average molecular weight is 291 g/mol. The summed E-state index contributed by atoms with van der Waals surface area (Å²) >= 11 is 1.90. The molecule has 2 aliphatic rings. The first-order valence-electron chi connectivity index (χ1n) is 7.32. The minimum Gasteiger partial charge on any atom is -0.320 e. The normalized spacial score (nSPS) is 20.6. The van der Waals surface area contributed by atoms with Gasteiger partial charge in [-0.05, 0) is 28.0 Å². The molecule has 2 N–H and O–H groups in total. The van der Waals surface area contributed by atoms with Crippen molar-refractivity contribution in [1.29, 1.82) is 0 Å². The van der Waals surface area contributed by atoms with Gasteiger partial charge in [0.1, 0.15) is 0 Å². The molecule has 21 heavy (non-hydrogen) atoms. The highest BCUT2D eigenvalue weighted by Gasteiger charge is 2.31. The Morgan fingerprint density at radius 2 is 1.90 bits per heavy atom. The fourth-order valence-electron chi connectivity index (χ4n) is 3.16. The van der Waals surface area contributed by atoms with Crippen molar-refractivity contribution < 1.29 is 0 Å². The molecule has 104 valence electrons. The third kappa shape index (κ3) is 2.15. The summed E-state index contributed by atoms with van der Waals surface area (Å²) in [4.78, 5) is 2.83. The minimum absolute atomic E-state index is 0.0534. The zero-order valence-electron chi connectivity index (χ0n) is 11.7. The van der Waals surface area contributed by atoms with Gasteiger partial charge in [0.15, 0.2) is 0 Å². The van der Waals surface area contributed by atoms with Crippen molar-refractivity contribution in [3.63, 3.8) is 0 Å². The van der Waals surface area contributed by atoms with Gasteiger partial charge in [-0.25, -0.2) is 0 Å². The Hall–Kier alpha value is -1.77. The molecule has 0 fully saturated rings. The second-order valence-electron chi connectivity index (χ2n) is 5.54. The number of nitrogens with two attached hydrogens (primary N) is 1. The Morgan fingerprint density at radius 1 is 1.05 bits per heavy atom. The van der Waals surface area contributed by atoms with Crippen molar-refractivity contribution in [2.45, 2.75) is 23.3 Å². The standard InChI is InChI=1S/C19H17NS/c20-18(13-7-2-1-3-8-13)16-11-6-10-15-14-9-4-5-12-17(14)21-19(15)16/h1-8,10-12,14,18H,9,20H2. The molecule has 4 rings (SSSR count). The molecule has 1 aliphatic carbocycles. The van der Waals surface area contributed by atoms with Crippen molar-refractivity contribution in [1.82, 2.24) is 0 Å². The van der Waals surface area contributed by atoms with E-state index in [4.69, 9.17) is 5.73 Å². The van der Waals surface area contributed by atoms with Gasteiger partial charge in [-0.15, -0.1) is 0 Å². The summed E-state index contributed by atoms with van der Waals surface area (Å²) in [6.07, 6.45) is 7.78. The molecule has 1 aliphatic heterocycles. The second-order valence-corrected chi connectivity index (χ2v) is 6.63. The summed E-state index contributed by atoms with van der Waals surface area (Å²) in [7, 11) is 0. The molecule has 0 aromatic heterocycles. The summed E-state index contributed by atoms with van der Waals surface area (Å²) < 4.78 is 0. The summed E-state index contributed by atoms with van der Waals surface area (Å²) in [6.45, 7) is 0. The number of hydrogen-bond acceptors (Lipinski definition) is 2. The smallest absolute Gasteiger partial charge is 0.0562 e. The number of thioether (sulfide) groups is 1. The van der Waals surface area contributed by atoms with E-state index in [0.29, 0.717) is 5.92 Å². The first kappa shape index (κ1) is 12.9. The van der Waals surface area contributed by atoms with E-state index >= 15 is 0 Å². The van der Waals surface area contributed by atoms with Gasteiger partial charge in [0, 0.05) is 10.8 Å². The zero-order chi connectivity index (χ0) is 14.2. The Kier molecular flexibility index (Phi) is 3.21. The van der Waals surface area contributed by atoms with E-state index < -0.39 is 0 Å². The highest BCUT2D eigenvalue weighted by Crippen LogP contribution is 2.53. The summed E-state index contributed by atoms with van der Waals surface area (Å²) in [5.41, 5.74) is 10.4. The van der Waals surface area contributed by atoms with E-state index in [1.807, 2.05) is 17.8 Å². The predicted octanol–water partition coefficient (Wildman–Crippen LogP) is 4.77. The third-order valence-electron chi connectivity index (χ3n) is 4.28. The molecule has 0 bridgehead atoms. The minimum atomic E-state index is -0.0534. The van der Waals surface area contributed by atoms with Crippen LogP contribution >= 0.6 is 11.8 Å². The molecule has 2 heteroatoms. The topological polar surface area (TPSA) is 26.0 Å². The summed E-state index contributed by atoms with van der Waals surface area (Å²) in [5.74, 6) is 0.540. The van der Waals surface area contributed by atoms with Crippen LogP contribution in [0, 0.1) is 0 Å². The van der Waals surface area contributed by atoms with Gasteiger partial charge >= 0.3 is 0 Å². The lowest BCUT2D eigenvalue weighted by atomic mass is 9.89. The first-order valence-corrected chi connectivity index (χ1v) is 8.14. The number of benzene rings is 2. The molecule has 0 saturated heterocycles. The van der Waals surface area contributed by atoms with E-state index in [2.05, 4.69) is 60.7 Å². The summed E-state index contributed by atoms with van der Waals surface area (Å²) in [5, 5.41) is 0. The molecule has 2 atom stereocenters.